The van der Waals surface area contributed by atoms with Crippen LogP contribution in [0.15, 0.2) is 48.5 Å². The summed E-state index contributed by atoms with van der Waals surface area (Å²) < 4.78 is 0. The lowest BCUT2D eigenvalue weighted by Gasteiger charge is -2.31. The van der Waals surface area contributed by atoms with Crippen LogP contribution in [-0.4, -0.2) is 30.8 Å². The third kappa shape index (κ3) is 6.13. The van der Waals surface area contributed by atoms with Gasteiger partial charge < -0.3 is 21.3 Å². The minimum atomic E-state index is -0.417. The number of anilines is 2. The van der Waals surface area contributed by atoms with Crippen molar-refractivity contribution in [1.29, 1.82) is 0 Å². The van der Waals surface area contributed by atoms with E-state index in [9.17, 15) is 14.4 Å². The monoisotopic (exact) mass is 490 g/mol. The first-order valence-corrected chi connectivity index (χ1v) is 13.1. The zero-order chi connectivity index (χ0) is 25.7. The fourth-order valence-corrected chi connectivity index (χ4v) is 5.46. The van der Waals surface area contributed by atoms with Gasteiger partial charge in [0.2, 0.25) is 11.8 Å². The summed E-state index contributed by atoms with van der Waals surface area (Å²) in [6, 6.07) is 14.4. The third-order valence-electron chi connectivity index (χ3n) is 7.29. The molecule has 4 rings (SSSR count). The van der Waals surface area contributed by atoms with Crippen molar-refractivity contribution in [3.63, 3.8) is 0 Å². The molecule has 7 heteroatoms. The van der Waals surface area contributed by atoms with Crippen LogP contribution in [0.1, 0.15) is 74.3 Å². The van der Waals surface area contributed by atoms with E-state index in [-0.39, 0.29) is 30.1 Å². The average Bonchev–Trinajstić information content (AvgIpc) is 3.02. The maximum Gasteiger partial charge on any atom is 0.251 e. The van der Waals surface area contributed by atoms with Crippen LogP contribution in [0, 0.1) is 17.8 Å². The number of nitrogens with two attached hydrogens (primary N) is 1. The van der Waals surface area contributed by atoms with E-state index in [1.54, 1.807) is 23.1 Å². The largest absolute Gasteiger partial charge is 0.352 e. The zero-order valence-electron chi connectivity index (χ0n) is 21.3. The SMILES string of the molecule is CC(C)CC(=O)N1c2ccc(C(=O)NCC3CCCC(CN)C3)cc2NC(=O)CC1c1ccccc1. The number of rotatable bonds is 7. The molecule has 2 aliphatic rings. The number of fused-ring (bicyclic) bond motifs is 1. The van der Waals surface area contributed by atoms with Crippen molar-refractivity contribution in [2.75, 3.05) is 23.3 Å². The van der Waals surface area contributed by atoms with Crippen LogP contribution < -0.4 is 21.3 Å². The van der Waals surface area contributed by atoms with Crippen LogP contribution in [0.3, 0.4) is 0 Å². The van der Waals surface area contributed by atoms with Gasteiger partial charge in [0.25, 0.3) is 5.91 Å². The lowest BCUT2D eigenvalue weighted by Crippen LogP contribution is -2.36. The van der Waals surface area contributed by atoms with Gasteiger partial charge in [0.05, 0.1) is 23.8 Å². The van der Waals surface area contributed by atoms with Gasteiger partial charge in [0.1, 0.15) is 0 Å². The lowest BCUT2D eigenvalue weighted by atomic mass is 9.81. The van der Waals surface area contributed by atoms with E-state index in [2.05, 4.69) is 10.6 Å². The molecule has 7 nitrogen and oxygen atoms in total. The van der Waals surface area contributed by atoms with Crippen molar-refractivity contribution in [2.45, 2.75) is 58.4 Å². The first-order chi connectivity index (χ1) is 17.4. The summed E-state index contributed by atoms with van der Waals surface area (Å²) in [5.74, 6) is 0.750. The molecule has 0 radical (unpaired) electrons. The minimum Gasteiger partial charge on any atom is -0.352 e. The highest BCUT2D eigenvalue weighted by atomic mass is 16.2. The summed E-state index contributed by atoms with van der Waals surface area (Å²) in [5, 5.41) is 6.02. The lowest BCUT2D eigenvalue weighted by molar-refractivity contribution is -0.120. The second kappa shape index (κ2) is 11.7. The van der Waals surface area contributed by atoms with Gasteiger partial charge in [-0.25, -0.2) is 0 Å². The van der Waals surface area contributed by atoms with Crippen LogP contribution >= 0.6 is 0 Å². The summed E-state index contributed by atoms with van der Waals surface area (Å²) in [6.45, 7) is 5.33. The number of hydrogen-bond acceptors (Lipinski definition) is 4. The normalized spacial score (nSPS) is 21.9. The Labute approximate surface area is 213 Å². The zero-order valence-corrected chi connectivity index (χ0v) is 21.3. The molecule has 0 saturated heterocycles. The Morgan fingerprint density at radius 3 is 2.58 bits per heavy atom. The highest BCUT2D eigenvalue weighted by Crippen LogP contribution is 2.39. The molecular formula is C29H38N4O3. The average molecular weight is 491 g/mol. The molecule has 0 aromatic heterocycles. The summed E-state index contributed by atoms with van der Waals surface area (Å²) in [5.41, 5.74) is 8.34. The molecule has 3 atom stereocenters. The molecule has 1 aliphatic heterocycles. The predicted molar refractivity (Wildman–Crippen MR) is 143 cm³/mol. The van der Waals surface area contributed by atoms with Gasteiger partial charge in [0.15, 0.2) is 0 Å². The van der Waals surface area contributed by atoms with Gasteiger partial charge in [-0.2, -0.15) is 0 Å². The van der Waals surface area contributed by atoms with E-state index in [4.69, 9.17) is 5.73 Å². The summed E-state index contributed by atoms with van der Waals surface area (Å²) >= 11 is 0. The van der Waals surface area contributed by atoms with E-state index in [0.717, 1.165) is 24.8 Å². The van der Waals surface area contributed by atoms with Gasteiger partial charge in [-0.3, -0.25) is 14.4 Å². The molecule has 1 heterocycles. The van der Waals surface area contributed by atoms with Crippen LogP contribution in [0.2, 0.25) is 0 Å². The minimum absolute atomic E-state index is 0.0411. The number of hydrogen-bond donors (Lipinski definition) is 3. The van der Waals surface area contributed by atoms with Crippen molar-refractivity contribution >= 4 is 29.1 Å². The van der Waals surface area contributed by atoms with E-state index in [0.29, 0.717) is 48.3 Å². The second-order valence-electron chi connectivity index (χ2n) is 10.6. The molecule has 1 fully saturated rings. The highest BCUT2D eigenvalue weighted by molar-refractivity contribution is 6.06. The Hall–Kier alpha value is -3.19. The maximum absolute atomic E-state index is 13.5. The van der Waals surface area contributed by atoms with Crippen LogP contribution in [0.5, 0.6) is 0 Å². The van der Waals surface area contributed by atoms with E-state index in [1.165, 1.54) is 6.42 Å². The topological polar surface area (TPSA) is 105 Å². The number of nitrogens with zero attached hydrogens (tertiary/aromatic N) is 1. The van der Waals surface area contributed by atoms with Gasteiger partial charge in [0, 0.05) is 18.5 Å². The Morgan fingerprint density at radius 1 is 1.11 bits per heavy atom. The number of carbonyl (C=O) groups excluding carboxylic acids is 3. The quantitative estimate of drug-likeness (QED) is 0.526. The van der Waals surface area contributed by atoms with Gasteiger partial charge >= 0.3 is 0 Å². The molecular weight excluding hydrogens is 452 g/mol. The molecule has 0 bridgehead atoms. The van der Waals surface area contributed by atoms with E-state index in [1.807, 2.05) is 44.2 Å². The Balaban J connectivity index is 1.59. The van der Waals surface area contributed by atoms with Crippen molar-refractivity contribution in [3.8, 4) is 0 Å². The molecule has 1 saturated carbocycles. The standard InChI is InChI=1S/C29H38N4O3/c1-19(2)13-28(35)33-25-12-11-23(29(36)31-18-21-8-6-7-20(14-21)17-30)15-24(25)32-27(34)16-26(33)22-9-4-3-5-10-22/h3-5,9-12,15,19-21,26H,6-8,13-14,16-18,30H2,1-2H3,(H,31,36)(H,32,34). The number of amides is 3. The van der Waals surface area contributed by atoms with E-state index >= 15 is 0 Å². The van der Waals surface area contributed by atoms with Gasteiger partial charge in [-0.05, 0) is 67.3 Å². The third-order valence-corrected chi connectivity index (χ3v) is 7.29. The molecule has 2 aromatic rings. The Morgan fingerprint density at radius 2 is 1.86 bits per heavy atom. The summed E-state index contributed by atoms with van der Waals surface area (Å²) in [6.07, 6.45) is 4.98. The molecule has 4 N–H and O–H groups in total. The summed E-state index contributed by atoms with van der Waals surface area (Å²) in [7, 11) is 0. The Bertz CT molecular complexity index is 1090. The highest BCUT2D eigenvalue weighted by Gasteiger charge is 2.34. The number of carbonyl (C=O) groups is 3. The maximum atomic E-state index is 13.5. The van der Waals surface area contributed by atoms with E-state index < -0.39 is 6.04 Å². The van der Waals surface area contributed by atoms with Crippen LogP contribution in [0.25, 0.3) is 0 Å². The predicted octanol–water partition coefficient (Wildman–Crippen LogP) is 4.64. The molecule has 0 spiro atoms. The van der Waals surface area contributed by atoms with Gasteiger partial charge in [-0.1, -0.05) is 50.6 Å². The van der Waals surface area contributed by atoms with Crippen LogP contribution in [0.4, 0.5) is 11.4 Å². The fraction of sp³-hybridized carbons (Fsp3) is 0.483. The summed E-state index contributed by atoms with van der Waals surface area (Å²) in [4.78, 5) is 41.1. The molecule has 3 unspecified atom stereocenters. The molecule has 192 valence electrons. The van der Waals surface area contributed by atoms with Crippen LogP contribution in [-0.2, 0) is 9.59 Å². The first kappa shape index (κ1) is 25.9. The van der Waals surface area contributed by atoms with Crippen molar-refractivity contribution in [1.82, 2.24) is 5.32 Å². The first-order valence-electron chi connectivity index (χ1n) is 13.1. The van der Waals surface area contributed by atoms with Crippen molar-refractivity contribution in [2.24, 2.45) is 23.5 Å². The number of benzene rings is 2. The Kier molecular flexibility index (Phi) is 8.41. The molecule has 2 aromatic carbocycles. The van der Waals surface area contributed by atoms with Crippen molar-refractivity contribution in [3.05, 3.63) is 59.7 Å². The smallest absolute Gasteiger partial charge is 0.251 e. The second-order valence-corrected chi connectivity index (χ2v) is 10.6. The molecule has 36 heavy (non-hydrogen) atoms. The molecule has 3 amide bonds. The fourth-order valence-electron chi connectivity index (χ4n) is 5.46. The number of nitrogens with one attached hydrogen (secondary N) is 2. The van der Waals surface area contributed by atoms with Crippen molar-refractivity contribution < 1.29 is 14.4 Å². The molecule has 1 aliphatic carbocycles. The van der Waals surface area contributed by atoms with Gasteiger partial charge in [-0.15, -0.1) is 0 Å².